The predicted molar refractivity (Wildman–Crippen MR) is 81.7 cm³/mol. The van der Waals surface area contributed by atoms with Crippen molar-refractivity contribution in [2.45, 2.75) is 19.0 Å². The fourth-order valence-corrected chi connectivity index (χ4v) is 2.19. The molecule has 0 atom stereocenters. The Kier molecular flexibility index (Phi) is 4.57. The number of rotatable bonds is 4. The van der Waals surface area contributed by atoms with E-state index in [4.69, 9.17) is 5.73 Å². The van der Waals surface area contributed by atoms with Crippen molar-refractivity contribution in [3.63, 3.8) is 0 Å². The maximum absolute atomic E-state index is 11.9. The number of hydrogen-bond donors (Lipinski definition) is 2. The number of aromatic nitrogens is 2. The molecule has 104 valence electrons. The fraction of sp³-hybridized carbons (Fsp3) is 0.214. The first-order valence-corrected chi connectivity index (χ1v) is 7.10. The van der Waals surface area contributed by atoms with Crippen LogP contribution in [0.1, 0.15) is 11.1 Å². The molecule has 20 heavy (non-hydrogen) atoms. The van der Waals surface area contributed by atoms with E-state index in [0.29, 0.717) is 10.8 Å². The number of hydrogen-bond acceptors (Lipinski definition) is 5. The molecule has 1 aromatic heterocycles. The minimum absolute atomic E-state index is 0.0907. The monoisotopic (exact) mass is 288 g/mol. The number of carbonyl (C=O) groups is 1. The molecule has 2 rings (SSSR count). The summed E-state index contributed by atoms with van der Waals surface area (Å²) >= 11 is 1.31. The first-order chi connectivity index (χ1) is 9.54. The van der Waals surface area contributed by atoms with Gasteiger partial charge < -0.3 is 11.1 Å². The van der Waals surface area contributed by atoms with Crippen LogP contribution in [0.15, 0.2) is 35.7 Å². The van der Waals surface area contributed by atoms with Gasteiger partial charge in [-0.25, -0.2) is 9.97 Å². The van der Waals surface area contributed by atoms with Gasteiger partial charge in [-0.1, -0.05) is 11.8 Å². The van der Waals surface area contributed by atoms with Crippen molar-refractivity contribution in [3.05, 3.63) is 41.7 Å². The van der Waals surface area contributed by atoms with Crippen LogP contribution < -0.4 is 11.1 Å². The average Bonchev–Trinajstić information content (AvgIpc) is 2.41. The summed E-state index contributed by atoms with van der Waals surface area (Å²) in [6.45, 7) is 3.83. The number of anilines is 2. The predicted octanol–water partition coefficient (Wildman–Crippen LogP) is 2.41. The van der Waals surface area contributed by atoms with Crippen LogP contribution in [0.4, 0.5) is 11.4 Å². The molecule has 0 fully saturated rings. The van der Waals surface area contributed by atoms with Gasteiger partial charge in [0.1, 0.15) is 0 Å². The highest BCUT2D eigenvalue weighted by atomic mass is 32.2. The second-order valence-corrected chi connectivity index (χ2v) is 5.40. The molecule has 5 nitrogen and oxygen atoms in total. The molecule has 1 heterocycles. The standard InChI is InChI=1S/C14H16N4OS/c1-9-6-16-14(17-7-9)20-8-13(19)18-12-4-3-11(15)5-10(12)2/h3-7H,8,15H2,1-2H3,(H,18,19). The quantitative estimate of drug-likeness (QED) is 0.513. The largest absolute Gasteiger partial charge is 0.399 e. The molecule has 1 amide bonds. The lowest BCUT2D eigenvalue weighted by Gasteiger charge is -2.08. The van der Waals surface area contributed by atoms with Gasteiger partial charge in [0.2, 0.25) is 5.91 Å². The minimum atomic E-state index is -0.0907. The van der Waals surface area contributed by atoms with Crippen LogP contribution in [0.2, 0.25) is 0 Å². The van der Waals surface area contributed by atoms with Crippen LogP contribution in [0.3, 0.4) is 0 Å². The van der Waals surface area contributed by atoms with Gasteiger partial charge in [-0.3, -0.25) is 4.79 Å². The molecule has 0 unspecified atom stereocenters. The number of aryl methyl sites for hydroxylation is 2. The Balaban J connectivity index is 1.90. The highest BCUT2D eigenvalue weighted by Gasteiger charge is 2.07. The summed E-state index contributed by atoms with van der Waals surface area (Å²) in [6, 6.07) is 5.39. The van der Waals surface area contributed by atoms with E-state index in [-0.39, 0.29) is 11.7 Å². The highest BCUT2D eigenvalue weighted by molar-refractivity contribution is 7.99. The molecule has 1 aromatic carbocycles. The van der Waals surface area contributed by atoms with Crippen molar-refractivity contribution in [2.24, 2.45) is 0 Å². The molecule has 2 aromatic rings. The summed E-state index contributed by atoms with van der Waals surface area (Å²) in [5, 5.41) is 3.45. The Morgan fingerprint density at radius 2 is 2.00 bits per heavy atom. The number of nitrogens with two attached hydrogens (primary N) is 1. The van der Waals surface area contributed by atoms with Gasteiger partial charge in [-0.05, 0) is 43.2 Å². The van der Waals surface area contributed by atoms with Crippen LogP contribution in [-0.4, -0.2) is 21.6 Å². The summed E-state index contributed by atoms with van der Waals surface area (Å²) in [4.78, 5) is 20.2. The summed E-state index contributed by atoms with van der Waals surface area (Å²) in [5.41, 5.74) is 9.06. The topological polar surface area (TPSA) is 80.9 Å². The van der Waals surface area contributed by atoms with E-state index in [0.717, 1.165) is 16.8 Å². The van der Waals surface area contributed by atoms with Gasteiger partial charge in [0.05, 0.1) is 5.75 Å². The highest BCUT2D eigenvalue weighted by Crippen LogP contribution is 2.18. The summed E-state index contributed by atoms with van der Waals surface area (Å²) < 4.78 is 0. The Hall–Kier alpha value is -2.08. The summed E-state index contributed by atoms with van der Waals surface area (Å²) in [5.74, 6) is 0.180. The number of benzene rings is 1. The number of nitrogens with zero attached hydrogens (tertiary/aromatic N) is 2. The first kappa shape index (κ1) is 14.3. The van der Waals surface area contributed by atoms with Gasteiger partial charge in [0, 0.05) is 23.8 Å². The Morgan fingerprint density at radius 1 is 1.30 bits per heavy atom. The van der Waals surface area contributed by atoms with Gasteiger partial charge in [-0.15, -0.1) is 0 Å². The van der Waals surface area contributed by atoms with E-state index in [9.17, 15) is 4.79 Å². The number of thioether (sulfide) groups is 1. The van der Waals surface area contributed by atoms with E-state index in [1.807, 2.05) is 19.9 Å². The average molecular weight is 288 g/mol. The smallest absolute Gasteiger partial charge is 0.234 e. The van der Waals surface area contributed by atoms with Crippen molar-refractivity contribution in [2.75, 3.05) is 16.8 Å². The molecule has 0 spiro atoms. The van der Waals surface area contributed by atoms with Gasteiger partial charge >= 0.3 is 0 Å². The fourth-order valence-electron chi connectivity index (χ4n) is 1.60. The van der Waals surface area contributed by atoms with Crippen LogP contribution in [0.25, 0.3) is 0 Å². The number of amides is 1. The molecule has 0 saturated heterocycles. The lowest BCUT2D eigenvalue weighted by atomic mass is 10.2. The first-order valence-electron chi connectivity index (χ1n) is 6.12. The van der Waals surface area contributed by atoms with Crippen molar-refractivity contribution in [1.82, 2.24) is 9.97 Å². The molecule has 0 aliphatic rings. The van der Waals surface area contributed by atoms with Crippen molar-refractivity contribution < 1.29 is 4.79 Å². The summed E-state index contributed by atoms with van der Waals surface area (Å²) in [7, 11) is 0. The normalized spacial score (nSPS) is 10.3. The van der Waals surface area contributed by atoms with Crippen molar-refractivity contribution in [1.29, 1.82) is 0 Å². The zero-order chi connectivity index (χ0) is 14.5. The summed E-state index contributed by atoms with van der Waals surface area (Å²) in [6.07, 6.45) is 3.47. The Bertz CT molecular complexity index is 613. The Labute approximate surface area is 122 Å². The van der Waals surface area contributed by atoms with Crippen LogP contribution in [0.5, 0.6) is 0 Å². The van der Waals surface area contributed by atoms with E-state index >= 15 is 0 Å². The lowest BCUT2D eigenvalue weighted by molar-refractivity contribution is -0.113. The molecule has 0 aliphatic heterocycles. The van der Waals surface area contributed by atoms with Crippen LogP contribution in [-0.2, 0) is 4.79 Å². The maximum atomic E-state index is 11.9. The number of nitrogens with one attached hydrogen (secondary N) is 1. The van der Waals surface area contributed by atoms with Gasteiger partial charge in [0.25, 0.3) is 0 Å². The molecule has 0 aliphatic carbocycles. The van der Waals surface area contributed by atoms with Gasteiger partial charge in [-0.2, -0.15) is 0 Å². The maximum Gasteiger partial charge on any atom is 0.234 e. The minimum Gasteiger partial charge on any atom is -0.399 e. The Morgan fingerprint density at radius 3 is 2.65 bits per heavy atom. The third-order valence-electron chi connectivity index (χ3n) is 2.61. The van der Waals surface area contributed by atoms with E-state index in [2.05, 4.69) is 15.3 Å². The lowest BCUT2D eigenvalue weighted by Crippen LogP contribution is -2.15. The third-order valence-corrected chi connectivity index (χ3v) is 3.49. The molecule has 3 N–H and O–H groups in total. The van der Waals surface area contributed by atoms with Gasteiger partial charge in [0.15, 0.2) is 5.16 Å². The number of carbonyl (C=O) groups excluding carboxylic acids is 1. The van der Waals surface area contributed by atoms with Crippen LogP contribution >= 0.6 is 11.8 Å². The second-order valence-electron chi connectivity index (χ2n) is 4.45. The molecule has 6 heteroatoms. The zero-order valence-corrected chi connectivity index (χ0v) is 12.2. The van der Waals surface area contributed by atoms with Crippen molar-refractivity contribution >= 4 is 29.0 Å². The molecular formula is C14H16N4OS. The molecule has 0 radical (unpaired) electrons. The molecule has 0 saturated carbocycles. The molecular weight excluding hydrogens is 272 g/mol. The number of nitrogen functional groups attached to an aromatic ring is 1. The van der Waals surface area contributed by atoms with E-state index in [1.165, 1.54) is 11.8 Å². The molecule has 0 bridgehead atoms. The van der Waals surface area contributed by atoms with E-state index in [1.54, 1.807) is 24.5 Å². The van der Waals surface area contributed by atoms with Crippen LogP contribution in [0, 0.1) is 13.8 Å². The SMILES string of the molecule is Cc1cnc(SCC(=O)Nc2ccc(N)cc2C)nc1. The second kappa shape index (κ2) is 6.38. The van der Waals surface area contributed by atoms with E-state index < -0.39 is 0 Å². The van der Waals surface area contributed by atoms with Crippen molar-refractivity contribution in [3.8, 4) is 0 Å². The zero-order valence-electron chi connectivity index (χ0n) is 11.4. The third kappa shape index (κ3) is 3.96.